The largest absolute Gasteiger partial charge is 0.326 e. The van der Waals surface area contributed by atoms with Crippen molar-refractivity contribution < 1.29 is 13.2 Å². The van der Waals surface area contributed by atoms with Crippen LogP contribution in [0, 0.1) is 13.8 Å². The number of anilines is 1. The number of imidazole rings is 1. The lowest BCUT2D eigenvalue weighted by molar-refractivity contribution is -0.116. The number of carbonyl (C=O) groups is 1. The number of aryl methyl sites for hydroxylation is 3. The SMILES string of the molecule is Cc1ccc(NC(=O)CCn2c(=O)[nH]c3cc(S(=O)(=O)N4CCCCC4)ccc32)cc1C. The molecule has 8 nitrogen and oxygen atoms in total. The van der Waals surface area contributed by atoms with E-state index in [0.717, 1.165) is 36.1 Å². The Morgan fingerprint density at radius 3 is 2.50 bits per heavy atom. The number of aromatic nitrogens is 2. The van der Waals surface area contributed by atoms with Gasteiger partial charge in [-0.25, -0.2) is 13.2 Å². The second-order valence-electron chi connectivity index (χ2n) is 8.32. The van der Waals surface area contributed by atoms with Crippen molar-refractivity contribution in [1.82, 2.24) is 13.9 Å². The predicted molar refractivity (Wildman–Crippen MR) is 124 cm³/mol. The topological polar surface area (TPSA) is 104 Å². The molecule has 1 aromatic heterocycles. The molecule has 0 spiro atoms. The van der Waals surface area contributed by atoms with Crippen LogP contribution in [0.3, 0.4) is 0 Å². The van der Waals surface area contributed by atoms with Crippen LogP contribution < -0.4 is 11.0 Å². The summed E-state index contributed by atoms with van der Waals surface area (Å²) in [6.45, 7) is 5.22. The van der Waals surface area contributed by atoms with E-state index in [9.17, 15) is 18.0 Å². The summed E-state index contributed by atoms with van der Waals surface area (Å²) in [7, 11) is -3.59. The van der Waals surface area contributed by atoms with Crippen molar-refractivity contribution in [3.63, 3.8) is 0 Å². The van der Waals surface area contributed by atoms with Gasteiger partial charge in [0.15, 0.2) is 0 Å². The molecule has 32 heavy (non-hydrogen) atoms. The molecule has 1 aliphatic rings. The number of piperidine rings is 1. The molecule has 3 aromatic rings. The van der Waals surface area contributed by atoms with Gasteiger partial charge in [-0.2, -0.15) is 4.31 Å². The lowest BCUT2D eigenvalue weighted by atomic mass is 10.1. The van der Waals surface area contributed by atoms with Crippen molar-refractivity contribution in [3.8, 4) is 0 Å². The number of sulfonamides is 1. The molecule has 1 aliphatic heterocycles. The van der Waals surface area contributed by atoms with Gasteiger partial charge in [-0.15, -0.1) is 0 Å². The van der Waals surface area contributed by atoms with Crippen molar-refractivity contribution in [1.29, 1.82) is 0 Å². The molecular weight excluding hydrogens is 428 g/mol. The molecule has 0 radical (unpaired) electrons. The summed E-state index contributed by atoms with van der Waals surface area (Å²) in [6, 6.07) is 10.4. The average Bonchev–Trinajstić information content (AvgIpc) is 3.09. The molecule has 4 rings (SSSR count). The number of rotatable bonds is 6. The van der Waals surface area contributed by atoms with Gasteiger partial charge >= 0.3 is 5.69 Å². The zero-order valence-corrected chi connectivity index (χ0v) is 19.2. The minimum absolute atomic E-state index is 0.119. The second-order valence-corrected chi connectivity index (χ2v) is 10.3. The first-order valence-corrected chi connectivity index (χ1v) is 12.3. The molecule has 2 heterocycles. The number of amides is 1. The van der Waals surface area contributed by atoms with Crippen LogP contribution in [0.25, 0.3) is 11.0 Å². The smallest absolute Gasteiger partial charge is 0.326 e. The summed E-state index contributed by atoms with van der Waals surface area (Å²) in [5.41, 5.74) is 3.61. The Bertz CT molecular complexity index is 1320. The number of benzene rings is 2. The van der Waals surface area contributed by atoms with Gasteiger partial charge in [0.25, 0.3) is 0 Å². The molecule has 2 aromatic carbocycles. The highest BCUT2D eigenvalue weighted by Crippen LogP contribution is 2.23. The highest BCUT2D eigenvalue weighted by Gasteiger charge is 2.26. The number of hydrogen-bond donors (Lipinski definition) is 2. The summed E-state index contributed by atoms with van der Waals surface area (Å²) >= 11 is 0. The first kappa shape index (κ1) is 22.3. The van der Waals surface area contributed by atoms with Gasteiger partial charge in [-0.1, -0.05) is 12.5 Å². The van der Waals surface area contributed by atoms with Crippen molar-refractivity contribution in [2.75, 3.05) is 18.4 Å². The summed E-state index contributed by atoms with van der Waals surface area (Å²) in [5, 5.41) is 2.86. The van der Waals surface area contributed by atoms with Crippen LogP contribution in [0.1, 0.15) is 36.8 Å². The molecule has 0 atom stereocenters. The van der Waals surface area contributed by atoms with E-state index in [0.29, 0.717) is 24.1 Å². The van der Waals surface area contributed by atoms with E-state index < -0.39 is 10.0 Å². The fourth-order valence-corrected chi connectivity index (χ4v) is 5.58. The van der Waals surface area contributed by atoms with Gasteiger partial charge in [0.05, 0.1) is 15.9 Å². The van der Waals surface area contributed by atoms with Crippen LogP contribution >= 0.6 is 0 Å². The standard InChI is InChI=1S/C23H28N4O4S/c1-16-6-7-18(14-17(16)2)24-22(28)10-13-27-21-9-8-19(15-20(21)25-23(27)29)32(30,31)26-11-4-3-5-12-26/h6-9,14-15H,3-5,10-13H2,1-2H3,(H,24,28)(H,25,29). The predicted octanol–water partition coefficient (Wildman–Crippen LogP) is 3.15. The molecule has 2 N–H and O–H groups in total. The molecule has 170 valence electrons. The monoisotopic (exact) mass is 456 g/mol. The molecule has 0 aliphatic carbocycles. The number of carbonyl (C=O) groups excluding carboxylic acids is 1. The van der Waals surface area contributed by atoms with Gasteiger partial charge < -0.3 is 10.3 Å². The van der Waals surface area contributed by atoms with Gasteiger partial charge in [0.2, 0.25) is 15.9 Å². The number of nitrogens with zero attached hydrogens (tertiary/aromatic N) is 2. The normalized spacial score (nSPS) is 15.2. The lowest BCUT2D eigenvalue weighted by Crippen LogP contribution is -2.35. The Labute approximate surface area is 187 Å². The van der Waals surface area contributed by atoms with Crippen molar-refractivity contribution in [2.24, 2.45) is 0 Å². The third-order valence-electron chi connectivity index (χ3n) is 6.05. The second kappa shape index (κ2) is 8.91. The number of hydrogen-bond acceptors (Lipinski definition) is 4. The number of nitrogens with one attached hydrogen (secondary N) is 2. The highest BCUT2D eigenvalue weighted by atomic mass is 32.2. The van der Waals surface area contributed by atoms with Crippen LogP contribution in [0.5, 0.6) is 0 Å². The van der Waals surface area contributed by atoms with E-state index in [1.165, 1.54) is 21.0 Å². The minimum atomic E-state index is -3.59. The summed E-state index contributed by atoms with van der Waals surface area (Å²) in [5.74, 6) is -0.196. The summed E-state index contributed by atoms with van der Waals surface area (Å²) < 4.78 is 28.8. The maximum atomic E-state index is 12.9. The zero-order chi connectivity index (χ0) is 22.9. The Morgan fingerprint density at radius 1 is 1.03 bits per heavy atom. The molecule has 1 saturated heterocycles. The fraction of sp³-hybridized carbons (Fsp3) is 0.391. The first-order chi connectivity index (χ1) is 15.3. The maximum absolute atomic E-state index is 12.9. The molecule has 0 saturated carbocycles. The van der Waals surface area contributed by atoms with Crippen molar-refractivity contribution in [3.05, 3.63) is 58.0 Å². The number of H-pyrrole nitrogens is 1. The van der Waals surface area contributed by atoms with Crippen LogP contribution in [-0.4, -0.2) is 41.3 Å². The van der Waals surface area contributed by atoms with Crippen LogP contribution in [0.2, 0.25) is 0 Å². The summed E-state index contributed by atoms with van der Waals surface area (Å²) in [6.07, 6.45) is 2.88. The molecular formula is C23H28N4O4S. The van der Waals surface area contributed by atoms with Crippen LogP contribution in [0.4, 0.5) is 5.69 Å². The quantitative estimate of drug-likeness (QED) is 0.594. The Hall–Kier alpha value is -2.91. The third-order valence-corrected chi connectivity index (χ3v) is 7.95. The van der Waals surface area contributed by atoms with Gasteiger partial charge in [-0.3, -0.25) is 9.36 Å². The lowest BCUT2D eigenvalue weighted by Gasteiger charge is -2.25. The molecule has 9 heteroatoms. The zero-order valence-electron chi connectivity index (χ0n) is 18.3. The summed E-state index contributed by atoms with van der Waals surface area (Å²) in [4.78, 5) is 27.8. The highest BCUT2D eigenvalue weighted by molar-refractivity contribution is 7.89. The van der Waals surface area contributed by atoms with Gasteiger partial charge in [0.1, 0.15) is 0 Å². The molecule has 1 fully saturated rings. The van der Waals surface area contributed by atoms with Crippen molar-refractivity contribution >= 4 is 32.7 Å². The number of aromatic amines is 1. The minimum Gasteiger partial charge on any atom is -0.326 e. The Balaban J connectivity index is 1.50. The fourth-order valence-electron chi connectivity index (χ4n) is 4.04. The average molecular weight is 457 g/mol. The van der Waals surface area contributed by atoms with Gasteiger partial charge in [0, 0.05) is 31.7 Å². The van der Waals surface area contributed by atoms with Crippen LogP contribution in [-0.2, 0) is 21.4 Å². The molecule has 0 bridgehead atoms. The molecule has 0 unspecified atom stereocenters. The first-order valence-electron chi connectivity index (χ1n) is 10.9. The molecule has 1 amide bonds. The van der Waals surface area contributed by atoms with E-state index in [2.05, 4.69) is 10.3 Å². The van der Waals surface area contributed by atoms with E-state index in [-0.39, 0.29) is 29.5 Å². The van der Waals surface area contributed by atoms with E-state index in [4.69, 9.17) is 0 Å². The maximum Gasteiger partial charge on any atom is 0.326 e. The van der Waals surface area contributed by atoms with E-state index in [1.54, 1.807) is 6.07 Å². The third kappa shape index (κ3) is 4.49. The number of fused-ring (bicyclic) bond motifs is 1. The van der Waals surface area contributed by atoms with E-state index >= 15 is 0 Å². The Kier molecular flexibility index (Phi) is 6.21. The van der Waals surface area contributed by atoms with Gasteiger partial charge in [-0.05, 0) is 68.1 Å². The van der Waals surface area contributed by atoms with Crippen LogP contribution in [0.15, 0.2) is 46.1 Å². The van der Waals surface area contributed by atoms with Crippen molar-refractivity contribution in [2.45, 2.75) is 51.0 Å². The Morgan fingerprint density at radius 2 is 1.78 bits per heavy atom. The van der Waals surface area contributed by atoms with E-state index in [1.807, 2.05) is 32.0 Å².